The topological polar surface area (TPSA) is 72.0 Å². The van der Waals surface area contributed by atoms with Gasteiger partial charge < -0.3 is 15.4 Å². The fourth-order valence-corrected chi connectivity index (χ4v) is 2.14. The molecular weight excluding hydrogens is 302 g/mol. The van der Waals surface area contributed by atoms with Gasteiger partial charge >= 0.3 is 0 Å². The Morgan fingerprint density at radius 2 is 1.75 bits per heavy atom. The van der Waals surface area contributed by atoms with Gasteiger partial charge in [-0.3, -0.25) is 4.98 Å². The highest BCUT2D eigenvalue weighted by molar-refractivity contribution is 5.55. The molecule has 2 N–H and O–H groups in total. The van der Waals surface area contributed by atoms with Crippen LogP contribution >= 0.6 is 0 Å². The molecule has 0 aliphatic heterocycles. The van der Waals surface area contributed by atoms with Gasteiger partial charge in [0.15, 0.2) is 0 Å². The fraction of sp³-hybridized carbons (Fsp3) is 0.167. The van der Waals surface area contributed by atoms with Crippen molar-refractivity contribution < 1.29 is 4.74 Å². The molecule has 0 bridgehead atoms. The number of pyridine rings is 1. The Labute approximate surface area is 141 Å². The first-order chi connectivity index (χ1) is 11.8. The number of ether oxygens (including phenoxy) is 1. The van der Waals surface area contributed by atoms with Gasteiger partial charge in [-0.15, -0.1) is 0 Å². The van der Waals surface area contributed by atoms with Crippen LogP contribution in [0, 0.1) is 0 Å². The van der Waals surface area contributed by atoms with E-state index in [1.165, 1.54) is 0 Å². The van der Waals surface area contributed by atoms with Crippen molar-refractivity contribution in [2.45, 2.75) is 13.5 Å². The zero-order valence-electron chi connectivity index (χ0n) is 13.4. The Morgan fingerprint density at radius 3 is 2.50 bits per heavy atom. The minimum absolute atomic E-state index is 0.541. The Hall–Kier alpha value is -3.15. The van der Waals surface area contributed by atoms with Crippen LogP contribution in [0.25, 0.3) is 0 Å². The Morgan fingerprint density at radius 1 is 0.958 bits per heavy atom. The highest BCUT2D eigenvalue weighted by Crippen LogP contribution is 2.18. The molecular formula is C18H19N5O. The van der Waals surface area contributed by atoms with E-state index >= 15 is 0 Å². The predicted octanol–water partition coefficient (Wildman–Crippen LogP) is 3.63. The van der Waals surface area contributed by atoms with Crippen LogP contribution in [0.15, 0.2) is 61.1 Å². The molecule has 24 heavy (non-hydrogen) atoms. The van der Waals surface area contributed by atoms with E-state index in [2.05, 4.69) is 25.6 Å². The van der Waals surface area contributed by atoms with Gasteiger partial charge in [-0.05, 0) is 55.0 Å². The summed E-state index contributed by atoms with van der Waals surface area (Å²) in [5, 5.41) is 6.46. The summed E-state index contributed by atoms with van der Waals surface area (Å²) >= 11 is 0. The van der Waals surface area contributed by atoms with E-state index in [1.54, 1.807) is 18.6 Å². The lowest BCUT2D eigenvalue weighted by Gasteiger charge is -2.09. The molecule has 0 spiro atoms. The highest BCUT2D eigenvalue weighted by Gasteiger charge is 2.01. The summed E-state index contributed by atoms with van der Waals surface area (Å²) < 4.78 is 5.43. The monoisotopic (exact) mass is 321 g/mol. The van der Waals surface area contributed by atoms with Crippen molar-refractivity contribution in [2.24, 2.45) is 0 Å². The van der Waals surface area contributed by atoms with Crippen LogP contribution in [0.5, 0.6) is 5.75 Å². The van der Waals surface area contributed by atoms with E-state index in [0.717, 1.165) is 22.8 Å². The number of rotatable bonds is 7. The lowest BCUT2D eigenvalue weighted by molar-refractivity contribution is 0.340. The molecule has 0 atom stereocenters. The summed E-state index contributed by atoms with van der Waals surface area (Å²) in [6.45, 7) is 3.30. The molecule has 6 nitrogen and oxygen atoms in total. The van der Waals surface area contributed by atoms with Crippen molar-refractivity contribution in [3.05, 3.63) is 66.6 Å². The summed E-state index contributed by atoms with van der Waals surface area (Å²) in [6.07, 6.45) is 5.27. The zero-order chi connectivity index (χ0) is 16.6. The molecule has 2 aromatic heterocycles. The number of anilines is 3. The number of hydrogen-bond acceptors (Lipinski definition) is 6. The molecule has 0 saturated heterocycles. The van der Waals surface area contributed by atoms with Crippen molar-refractivity contribution in [1.29, 1.82) is 0 Å². The molecule has 0 radical (unpaired) electrons. The third-order valence-corrected chi connectivity index (χ3v) is 3.30. The van der Waals surface area contributed by atoms with Crippen molar-refractivity contribution in [3.63, 3.8) is 0 Å². The van der Waals surface area contributed by atoms with Gasteiger partial charge in [0.1, 0.15) is 11.6 Å². The van der Waals surface area contributed by atoms with E-state index in [4.69, 9.17) is 4.74 Å². The van der Waals surface area contributed by atoms with Gasteiger partial charge in [0, 0.05) is 30.8 Å². The van der Waals surface area contributed by atoms with E-state index < -0.39 is 0 Å². The van der Waals surface area contributed by atoms with E-state index in [0.29, 0.717) is 19.1 Å². The van der Waals surface area contributed by atoms with Gasteiger partial charge in [-0.1, -0.05) is 0 Å². The average Bonchev–Trinajstić information content (AvgIpc) is 2.63. The fourth-order valence-electron chi connectivity index (χ4n) is 2.14. The maximum Gasteiger partial charge on any atom is 0.229 e. The molecule has 0 aliphatic rings. The van der Waals surface area contributed by atoms with Gasteiger partial charge in [-0.2, -0.15) is 4.98 Å². The maximum atomic E-state index is 5.43. The van der Waals surface area contributed by atoms with Gasteiger partial charge in [0.05, 0.1) is 6.61 Å². The number of nitrogens with zero attached hydrogens (tertiary/aromatic N) is 3. The lowest BCUT2D eigenvalue weighted by atomic mass is 10.3. The summed E-state index contributed by atoms with van der Waals surface area (Å²) in [6, 6.07) is 13.5. The SMILES string of the molecule is CCOc1ccc(Nc2nccc(NCc3ccncc3)n2)cc1. The highest BCUT2D eigenvalue weighted by atomic mass is 16.5. The standard InChI is InChI=1S/C18H19N5O/c1-2-24-16-5-3-15(4-6-16)22-18-20-12-9-17(23-18)21-13-14-7-10-19-11-8-14/h3-12H,2,13H2,1H3,(H2,20,21,22,23). The second kappa shape index (κ2) is 7.92. The van der Waals surface area contributed by atoms with Crippen LogP contribution in [0.4, 0.5) is 17.5 Å². The number of benzene rings is 1. The third kappa shape index (κ3) is 4.42. The number of nitrogens with one attached hydrogen (secondary N) is 2. The van der Waals surface area contributed by atoms with Crippen LogP contribution < -0.4 is 15.4 Å². The molecule has 3 aromatic rings. The Balaban J connectivity index is 1.62. The molecule has 3 rings (SSSR count). The smallest absolute Gasteiger partial charge is 0.229 e. The Kier molecular flexibility index (Phi) is 5.19. The van der Waals surface area contributed by atoms with Crippen LogP contribution in [-0.2, 0) is 6.54 Å². The molecule has 0 unspecified atom stereocenters. The summed E-state index contributed by atoms with van der Waals surface area (Å²) in [5.41, 5.74) is 2.05. The zero-order valence-corrected chi connectivity index (χ0v) is 13.4. The first-order valence-electron chi connectivity index (χ1n) is 7.79. The minimum Gasteiger partial charge on any atom is -0.494 e. The van der Waals surface area contributed by atoms with Gasteiger partial charge in [-0.25, -0.2) is 4.98 Å². The summed E-state index contributed by atoms with van der Waals surface area (Å²) in [5.74, 6) is 2.14. The van der Waals surface area contributed by atoms with E-state index in [1.807, 2.05) is 49.4 Å². The normalized spacial score (nSPS) is 10.2. The third-order valence-electron chi connectivity index (χ3n) is 3.30. The molecule has 2 heterocycles. The first kappa shape index (κ1) is 15.7. The van der Waals surface area contributed by atoms with Crippen LogP contribution in [0.3, 0.4) is 0 Å². The average molecular weight is 321 g/mol. The largest absolute Gasteiger partial charge is 0.494 e. The molecule has 1 aromatic carbocycles. The summed E-state index contributed by atoms with van der Waals surface area (Å²) in [4.78, 5) is 12.7. The molecule has 6 heteroatoms. The Bertz CT molecular complexity index is 762. The maximum absolute atomic E-state index is 5.43. The van der Waals surface area contributed by atoms with Crippen molar-refractivity contribution in [1.82, 2.24) is 15.0 Å². The van der Waals surface area contributed by atoms with Crippen molar-refractivity contribution >= 4 is 17.5 Å². The minimum atomic E-state index is 0.541. The van der Waals surface area contributed by atoms with Gasteiger partial charge in [0.25, 0.3) is 0 Å². The lowest BCUT2D eigenvalue weighted by Crippen LogP contribution is -2.04. The molecule has 0 amide bonds. The molecule has 122 valence electrons. The predicted molar refractivity (Wildman–Crippen MR) is 94.5 cm³/mol. The van der Waals surface area contributed by atoms with E-state index in [9.17, 15) is 0 Å². The molecule has 0 fully saturated rings. The first-order valence-corrected chi connectivity index (χ1v) is 7.79. The quantitative estimate of drug-likeness (QED) is 0.692. The second-order valence-electron chi connectivity index (χ2n) is 5.06. The molecule has 0 aliphatic carbocycles. The number of aromatic nitrogens is 3. The van der Waals surface area contributed by atoms with E-state index in [-0.39, 0.29) is 0 Å². The summed E-state index contributed by atoms with van der Waals surface area (Å²) in [7, 11) is 0. The second-order valence-corrected chi connectivity index (χ2v) is 5.06. The van der Waals surface area contributed by atoms with Crippen LogP contribution in [0.1, 0.15) is 12.5 Å². The van der Waals surface area contributed by atoms with Crippen LogP contribution in [-0.4, -0.2) is 21.6 Å². The van der Waals surface area contributed by atoms with Crippen LogP contribution in [0.2, 0.25) is 0 Å². The van der Waals surface area contributed by atoms with Crippen molar-refractivity contribution in [2.75, 3.05) is 17.2 Å². The van der Waals surface area contributed by atoms with Crippen molar-refractivity contribution in [3.8, 4) is 5.75 Å². The van der Waals surface area contributed by atoms with Gasteiger partial charge in [0.2, 0.25) is 5.95 Å². The number of hydrogen-bond donors (Lipinski definition) is 2. The molecule has 0 saturated carbocycles.